The summed E-state index contributed by atoms with van der Waals surface area (Å²) < 4.78 is 5.14. The lowest BCUT2D eigenvalue weighted by atomic mass is 10.1. The van der Waals surface area contributed by atoms with E-state index in [1.165, 1.54) is 7.11 Å². The van der Waals surface area contributed by atoms with Gasteiger partial charge in [-0.05, 0) is 32.5 Å². The fraction of sp³-hybridized carbons (Fsp3) is 0.462. The predicted molar refractivity (Wildman–Crippen MR) is 68.9 cm³/mol. The molecular formula is C13H20N2O2. The van der Waals surface area contributed by atoms with Gasteiger partial charge >= 0.3 is 0 Å². The summed E-state index contributed by atoms with van der Waals surface area (Å²) in [5, 5.41) is 5.95. The summed E-state index contributed by atoms with van der Waals surface area (Å²) in [6.07, 6.45) is 0. The van der Waals surface area contributed by atoms with Crippen molar-refractivity contribution in [3.05, 3.63) is 29.8 Å². The van der Waals surface area contributed by atoms with E-state index in [0.717, 1.165) is 11.3 Å². The van der Waals surface area contributed by atoms with Gasteiger partial charge in [0.05, 0.1) is 0 Å². The number of amides is 1. The third-order valence-electron chi connectivity index (χ3n) is 2.69. The molecule has 0 bridgehead atoms. The van der Waals surface area contributed by atoms with Crippen molar-refractivity contribution >= 4 is 11.6 Å². The van der Waals surface area contributed by atoms with Gasteiger partial charge in [-0.15, -0.1) is 0 Å². The van der Waals surface area contributed by atoms with Gasteiger partial charge in [0.15, 0.2) is 0 Å². The number of methoxy groups -OCH3 is 1. The highest BCUT2D eigenvalue weighted by atomic mass is 16.5. The second-order valence-corrected chi connectivity index (χ2v) is 4.36. The van der Waals surface area contributed by atoms with Crippen LogP contribution in [-0.2, 0) is 16.1 Å². The number of hydrogen-bond donors (Lipinski definition) is 2. The fourth-order valence-corrected chi connectivity index (χ4v) is 1.35. The number of carbonyl (C=O) groups excluding carboxylic acids is 1. The van der Waals surface area contributed by atoms with E-state index in [0.29, 0.717) is 6.54 Å². The standard InChI is InChI=1S/C13H20N2O2/c1-13(2,17-4)12(16)15-11-8-6-5-7-10(11)9-14-3/h5-8,14H,9H2,1-4H3,(H,15,16). The van der Waals surface area contributed by atoms with Crippen LogP contribution < -0.4 is 10.6 Å². The molecule has 0 aliphatic heterocycles. The molecule has 0 unspecified atom stereocenters. The van der Waals surface area contributed by atoms with Gasteiger partial charge in [0.2, 0.25) is 0 Å². The van der Waals surface area contributed by atoms with Crippen molar-refractivity contribution in [2.24, 2.45) is 0 Å². The SMILES string of the molecule is CNCc1ccccc1NC(=O)C(C)(C)OC. The van der Waals surface area contributed by atoms with Crippen LogP contribution in [0.1, 0.15) is 19.4 Å². The molecule has 0 heterocycles. The van der Waals surface area contributed by atoms with Crippen molar-refractivity contribution in [3.63, 3.8) is 0 Å². The molecule has 0 aromatic heterocycles. The normalized spacial score (nSPS) is 11.3. The summed E-state index contributed by atoms with van der Waals surface area (Å²) in [4.78, 5) is 12.0. The molecule has 0 saturated carbocycles. The van der Waals surface area contributed by atoms with Crippen molar-refractivity contribution in [1.82, 2.24) is 5.32 Å². The average molecular weight is 236 g/mol. The zero-order valence-electron chi connectivity index (χ0n) is 10.8. The second kappa shape index (κ2) is 5.80. The van der Waals surface area contributed by atoms with Crippen LogP contribution in [0.4, 0.5) is 5.69 Å². The van der Waals surface area contributed by atoms with E-state index < -0.39 is 5.60 Å². The molecule has 1 aromatic carbocycles. The summed E-state index contributed by atoms with van der Waals surface area (Å²) in [6.45, 7) is 4.19. The molecule has 17 heavy (non-hydrogen) atoms. The monoisotopic (exact) mass is 236 g/mol. The molecule has 0 spiro atoms. The third-order valence-corrected chi connectivity index (χ3v) is 2.69. The van der Waals surface area contributed by atoms with E-state index in [1.54, 1.807) is 13.8 Å². The number of para-hydroxylation sites is 1. The molecule has 0 aliphatic rings. The van der Waals surface area contributed by atoms with Gasteiger partial charge < -0.3 is 15.4 Å². The summed E-state index contributed by atoms with van der Waals surface area (Å²) >= 11 is 0. The highest BCUT2D eigenvalue weighted by molar-refractivity contribution is 5.97. The summed E-state index contributed by atoms with van der Waals surface area (Å²) in [5.41, 5.74) is 1.04. The Bertz CT molecular complexity index is 389. The lowest BCUT2D eigenvalue weighted by molar-refractivity contribution is -0.133. The van der Waals surface area contributed by atoms with Crippen molar-refractivity contribution in [1.29, 1.82) is 0 Å². The van der Waals surface area contributed by atoms with Crippen LogP contribution in [0.2, 0.25) is 0 Å². The van der Waals surface area contributed by atoms with E-state index >= 15 is 0 Å². The van der Waals surface area contributed by atoms with Crippen LogP contribution in [0, 0.1) is 0 Å². The Hall–Kier alpha value is -1.39. The number of benzene rings is 1. The van der Waals surface area contributed by atoms with Crippen LogP contribution in [0.25, 0.3) is 0 Å². The first-order chi connectivity index (χ1) is 8.01. The summed E-state index contributed by atoms with van der Waals surface area (Å²) in [5.74, 6) is -0.149. The summed E-state index contributed by atoms with van der Waals surface area (Å²) in [7, 11) is 3.40. The Morgan fingerprint density at radius 2 is 2.00 bits per heavy atom. The maximum Gasteiger partial charge on any atom is 0.256 e. The number of rotatable bonds is 5. The Kier molecular flexibility index (Phi) is 4.66. The van der Waals surface area contributed by atoms with Crippen LogP contribution >= 0.6 is 0 Å². The third kappa shape index (κ3) is 3.54. The zero-order chi connectivity index (χ0) is 12.9. The average Bonchev–Trinajstić information content (AvgIpc) is 2.32. The Labute approximate surface area is 102 Å². The van der Waals surface area contributed by atoms with Crippen LogP contribution in [0.3, 0.4) is 0 Å². The van der Waals surface area contributed by atoms with E-state index in [1.807, 2.05) is 31.3 Å². The second-order valence-electron chi connectivity index (χ2n) is 4.36. The maximum atomic E-state index is 12.0. The van der Waals surface area contributed by atoms with E-state index in [-0.39, 0.29) is 5.91 Å². The largest absolute Gasteiger partial charge is 0.369 e. The number of hydrogen-bond acceptors (Lipinski definition) is 3. The van der Waals surface area contributed by atoms with Crippen molar-refractivity contribution in [2.75, 3.05) is 19.5 Å². The Balaban J connectivity index is 2.84. The molecule has 0 fully saturated rings. The molecular weight excluding hydrogens is 216 g/mol. The van der Waals surface area contributed by atoms with Crippen molar-refractivity contribution in [3.8, 4) is 0 Å². The molecule has 1 amide bonds. The predicted octanol–water partition coefficient (Wildman–Crippen LogP) is 1.77. The smallest absolute Gasteiger partial charge is 0.256 e. The molecule has 1 rings (SSSR count). The van der Waals surface area contributed by atoms with Crippen LogP contribution in [0.5, 0.6) is 0 Å². The first kappa shape index (κ1) is 13.7. The summed E-state index contributed by atoms with van der Waals surface area (Å²) in [6, 6.07) is 7.71. The molecule has 1 aromatic rings. The van der Waals surface area contributed by atoms with Gasteiger partial charge in [0.25, 0.3) is 5.91 Å². The minimum absolute atomic E-state index is 0.149. The highest BCUT2D eigenvalue weighted by Crippen LogP contribution is 2.17. The molecule has 2 N–H and O–H groups in total. The van der Waals surface area contributed by atoms with Gasteiger partial charge in [-0.1, -0.05) is 18.2 Å². The lowest BCUT2D eigenvalue weighted by Crippen LogP contribution is -2.39. The molecule has 0 atom stereocenters. The number of carbonyl (C=O) groups is 1. The van der Waals surface area contributed by atoms with Gasteiger partial charge in [-0.3, -0.25) is 4.79 Å². The minimum Gasteiger partial charge on any atom is -0.369 e. The topological polar surface area (TPSA) is 50.4 Å². The first-order valence-corrected chi connectivity index (χ1v) is 5.60. The van der Waals surface area contributed by atoms with Crippen LogP contribution in [0.15, 0.2) is 24.3 Å². The van der Waals surface area contributed by atoms with Gasteiger partial charge in [-0.2, -0.15) is 0 Å². The highest BCUT2D eigenvalue weighted by Gasteiger charge is 2.27. The maximum absolute atomic E-state index is 12.0. The first-order valence-electron chi connectivity index (χ1n) is 5.60. The number of anilines is 1. The van der Waals surface area contributed by atoms with Crippen molar-refractivity contribution < 1.29 is 9.53 Å². The fourth-order valence-electron chi connectivity index (χ4n) is 1.35. The van der Waals surface area contributed by atoms with Crippen LogP contribution in [-0.4, -0.2) is 25.7 Å². The van der Waals surface area contributed by atoms with Gasteiger partial charge in [0.1, 0.15) is 5.60 Å². The molecule has 4 nitrogen and oxygen atoms in total. The van der Waals surface area contributed by atoms with Gasteiger partial charge in [0, 0.05) is 19.3 Å². The molecule has 0 radical (unpaired) electrons. The van der Waals surface area contributed by atoms with E-state index in [4.69, 9.17) is 4.74 Å². The molecule has 0 aliphatic carbocycles. The lowest BCUT2D eigenvalue weighted by Gasteiger charge is -2.22. The number of nitrogens with one attached hydrogen (secondary N) is 2. The minimum atomic E-state index is -0.827. The molecule has 94 valence electrons. The van der Waals surface area contributed by atoms with Crippen molar-refractivity contribution in [2.45, 2.75) is 26.0 Å². The molecule has 0 saturated heterocycles. The van der Waals surface area contributed by atoms with E-state index in [2.05, 4.69) is 10.6 Å². The van der Waals surface area contributed by atoms with Gasteiger partial charge in [-0.25, -0.2) is 0 Å². The Morgan fingerprint density at radius 1 is 1.35 bits per heavy atom. The molecule has 4 heteroatoms. The Morgan fingerprint density at radius 3 is 2.59 bits per heavy atom. The number of ether oxygens (including phenoxy) is 1. The van der Waals surface area contributed by atoms with E-state index in [9.17, 15) is 4.79 Å². The zero-order valence-corrected chi connectivity index (χ0v) is 10.8. The quantitative estimate of drug-likeness (QED) is 0.819.